The lowest BCUT2D eigenvalue weighted by molar-refractivity contribution is -0.138. The molecule has 6 nitrogen and oxygen atoms in total. The van der Waals surface area contributed by atoms with E-state index in [4.69, 9.17) is 4.74 Å². The summed E-state index contributed by atoms with van der Waals surface area (Å²) in [5.41, 5.74) is 0.893. The average Bonchev–Trinajstić information content (AvgIpc) is 3.00. The minimum absolute atomic E-state index is 0.271. The number of amides is 2. The molecule has 0 bridgehead atoms. The van der Waals surface area contributed by atoms with Crippen molar-refractivity contribution in [1.29, 1.82) is 0 Å². The summed E-state index contributed by atoms with van der Waals surface area (Å²) in [6.45, 7) is 2.49. The van der Waals surface area contributed by atoms with Crippen molar-refractivity contribution < 1.29 is 14.3 Å². The number of rotatable bonds is 3. The van der Waals surface area contributed by atoms with Crippen LogP contribution < -0.4 is 15.4 Å². The molecule has 1 aliphatic rings. The number of nitrogens with zero attached hydrogens (tertiary/aromatic N) is 1. The fourth-order valence-electron chi connectivity index (χ4n) is 1.80. The quantitative estimate of drug-likeness (QED) is 0.819. The van der Waals surface area contributed by atoms with Crippen molar-refractivity contribution >= 4 is 28.7 Å². The molecule has 0 aromatic heterocycles. The van der Waals surface area contributed by atoms with Gasteiger partial charge in [0.15, 0.2) is 5.17 Å². The van der Waals surface area contributed by atoms with Crippen LogP contribution in [0.5, 0.6) is 5.75 Å². The lowest BCUT2D eigenvalue weighted by Gasteiger charge is -2.14. The molecular formula is C14H17N3O3S. The molecule has 1 aliphatic heterocycles. The molecular weight excluding hydrogens is 290 g/mol. The summed E-state index contributed by atoms with van der Waals surface area (Å²) < 4.78 is 5.08. The third kappa shape index (κ3) is 4.22. The van der Waals surface area contributed by atoms with Crippen molar-refractivity contribution in [3.8, 4) is 5.75 Å². The van der Waals surface area contributed by atoms with Gasteiger partial charge in [0.2, 0.25) is 0 Å². The Labute approximate surface area is 127 Å². The van der Waals surface area contributed by atoms with Gasteiger partial charge in [-0.25, -0.2) is 0 Å². The number of aliphatic imine (C=N–C) groups is 1. The van der Waals surface area contributed by atoms with Crippen molar-refractivity contribution in [2.45, 2.75) is 13.0 Å². The number of ether oxygens (including phenoxy) is 1. The Morgan fingerprint density at radius 3 is 2.57 bits per heavy atom. The summed E-state index contributed by atoms with van der Waals surface area (Å²) in [5, 5.41) is 5.65. The second-order valence-corrected chi connectivity index (χ2v) is 5.54. The maximum Gasteiger partial charge on any atom is 0.315 e. The minimum Gasteiger partial charge on any atom is -0.497 e. The van der Waals surface area contributed by atoms with Gasteiger partial charge in [-0.2, -0.15) is 0 Å². The van der Waals surface area contributed by atoms with E-state index in [1.165, 1.54) is 11.8 Å². The Kier molecular flexibility index (Phi) is 5.21. The van der Waals surface area contributed by atoms with E-state index in [-0.39, 0.29) is 6.04 Å². The molecule has 0 saturated carbocycles. The summed E-state index contributed by atoms with van der Waals surface area (Å²) >= 11 is 1.43. The van der Waals surface area contributed by atoms with Crippen LogP contribution in [-0.2, 0) is 9.59 Å². The number of methoxy groups -OCH3 is 1. The fraction of sp³-hybridized carbons (Fsp3) is 0.357. The largest absolute Gasteiger partial charge is 0.497 e. The van der Waals surface area contributed by atoms with Gasteiger partial charge in [-0.3, -0.25) is 19.9 Å². The van der Waals surface area contributed by atoms with Gasteiger partial charge < -0.3 is 10.1 Å². The molecule has 0 spiro atoms. The van der Waals surface area contributed by atoms with E-state index in [1.807, 2.05) is 31.2 Å². The van der Waals surface area contributed by atoms with Gasteiger partial charge in [0, 0.05) is 5.75 Å². The predicted octanol–water partition coefficient (Wildman–Crippen LogP) is 1.09. The summed E-state index contributed by atoms with van der Waals surface area (Å²) in [7, 11) is 1.59. The summed E-state index contributed by atoms with van der Waals surface area (Å²) in [6.07, 6.45) is 0. The van der Waals surface area contributed by atoms with Gasteiger partial charge >= 0.3 is 11.8 Å². The third-order valence-corrected chi connectivity index (χ3v) is 3.87. The monoisotopic (exact) mass is 307 g/mol. The van der Waals surface area contributed by atoms with E-state index in [1.54, 1.807) is 7.11 Å². The van der Waals surface area contributed by atoms with Gasteiger partial charge in [-0.1, -0.05) is 23.9 Å². The van der Waals surface area contributed by atoms with E-state index in [0.29, 0.717) is 11.7 Å². The van der Waals surface area contributed by atoms with Crippen LogP contribution >= 0.6 is 11.8 Å². The van der Waals surface area contributed by atoms with Gasteiger partial charge in [-0.15, -0.1) is 0 Å². The first-order chi connectivity index (χ1) is 10.1. The highest BCUT2D eigenvalue weighted by Crippen LogP contribution is 2.17. The number of hydrogen-bond acceptors (Lipinski definition) is 5. The summed E-state index contributed by atoms with van der Waals surface area (Å²) in [5.74, 6) is 0.211. The predicted molar refractivity (Wildman–Crippen MR) is 82.5 cm³/mol. The van der Waals surface area contributed by atoms with Gasteiger partial charge in [0.05, 0.1) is 19.7 Å². The first kappa shape index (κ1) is 15.4. The number of hydrogen-bond donors (Lipinski definition) is 2. The maximum atomic E-state index is 11.8. The van der Waals surface area contributed by atoms with E-state index in [2.05, 4.69) is 15.6 Å². The fourth-order valence-corrected chi connectivity index (χ4v) is 2.53. The molecule has 112 valence electrons. The highest BCUT2D eigenvalue weighted by atomic mass is 32.2. The van der Waals surface area contributed by atoms with Gasteiger partial charge in [0.25, 0.3) is 0 Å². The van der Waals surface area contributed by atoms with Crippen molar-refractivity contribution in [3.05, 3.63) is 29.8 Å². The number of amidine groups is 1. The zero-order chi connectivity index (χ0) is 15.2. The Bertz CT molecular complexity index is 557. The normalized spacial score (nSPS) is 15.0. The molecule has 0 radical (unpaired) electrons. The molecule has 2 rings (SSSR count). The van der Waals surface area contributed by atoms with Crippen molar-refractivity contribution in [2.75, 3.05) is 19.4 Å². The van der Waals surface area contributed by atoms with Crippen molar-refractivity contribution in [1.82, 2.24) is 10.6 Å². The highest BCUT2D eigenvalue weighted by Gasteiger charge is 2.19. The summed E-state index contributed by atoms with van der Waals surface area (Å²) in [6, 6.07) is 7.04. The smallest absolute Gasteiger partial charge is 0.315 e. The molecule has 0 aliphatic carbocycles. The molecule has 1 heterocycles. The molecule has 0 saturated heterocycles. The number of thioether (sulfide) groups is 1. The molecule has 7 heteroatoms. The van der Waals surface area contributed by atoms with E-state index >= 15 is 0 Å². The molecule has 2 amide bonds. The maximum absolute atomic E-state index is 11.8. The highest BCUT2D eigenvalue weighted by molar-refractivity contribution is 8.14. The second-order valence-electron chi connectivity index (χ2n) is 4.46. The molecule has 2 N–H and O–H groups in total. The number of benzene rings is 1. The molecule has 1 aromatic rings. The molecule has 21 heavy (non-hydrogen) atoms. The zero-order valence-electron chi connectivity index (χ0n) is 11.9. The number of carbonyl (C=O) groups excluding carboxylic acids is 2. The Morgan fingerprint density at radius 1 is 1.29 bits per heavy atom. The Hall–Kier alpha value is -2.02. The third-order valence-electron chi connectivity index (χ3n) is 2.98. The van der Waals surface area contributed by atoms with Gasteiger partial charge in [-0.05, 0) is 24.6 Å². The van der Waals surface area contributed by atoms with Crippen LogP contribution in [0, 0.1) is 0 Å². The number of carbonyl (C=O) groups is 2. The molecule has 1 atom stereocenters. The second kappa shape index (κ2) is 7.12. The van der Waals surface area contributed by atoms with E-state index in [9.17, 15) is 9.59 Å². The van der Waals surface area contributed by atoms with Crippen molar-refractivity contribution in [3.63, 3.8) is 0 Å². The zero-order valence-corrected chi connectivity index (χ0v) is 12.7. The Morgan fingerprint density at radius 2 is 2.00 bits per heavy atom. The van der Waals surface area contributed by atoms with Crippen LogP contribution in [0.3, 0.4) is 0 Å². The van der Waals surface area contributed by atoms with Crippen LogP contribution in [0.2, 0.25) is 0 Å². The number of nitrogens with one attached hydrogen (secondary N) is 2. The van der Waals surface area contributed by atoms with Gasteiger partial charge in [0.1, 0.15) is 5.75 Å². The van der Waals surface area contributed by atoms with E-state index < -0.39 is 11.8 Å². The molecule has 1 aromatic carbocycles. The summed E-state index contributed by atoms with van der Waals surface area (Å²) in [4.78, 5) is 27.6. The standard InChI is InChI=1S/C14H17N3O3S/c1-9(10-3-5-11(20-2)6-4-10)16-12(18)13(19)17-14-15-7-8-21-14/h3-6,9H,7-8H2,1-2H3,(H,16,18)(H,15,17,19). The van der Waals surface area contributed by atoms with Crippen LogP contribution in [0.4, 0.5) is 0 Å². The average molecular weight is 307 g/mol. The first-order valence-corrected chi connectivity index (χ1v) is 7.51. The van der Waals surface area contributed by atoms with Crippen molar-refractivity contribution in [2.24, 2.45) is 4.99 Å². The minimum atomic E-state index is -0.691. The lowest BCUT2D eigenvalue weighted by Crippen LogP contribution is -2.42. The van der Waals surface area contributed by atoms with E-state index in [0.717, 1.165) is 17.1 Å². The SMILES string of the molecule is COc1ccc(C(C)NC(=O)C(=O)NC2=NCCS2)cc1. The molecule has 0 fully saturated rings. The first-order valence-electron chi connectivity index (χ1n) is 6.53. The van der Waals surface area contributed by atoms with Crippen LogP contribution in [0.15, 0.2) is 29.3 Å². The van der Waals surface area contributed by atoms with Crippen LogP contribution in [-0.4, -0.2) is 36.4 Å². The molecule has 1 unspecified atom stereocenters. The van der Waals surface area contributed by atoms with Crippen LogP contribution in [0.1, 0.15) is 18.5 Å². The lowest BCUT2D eigenvalue weighted by atomic mass is 10.1. The topological polar surface area (TPSA) is 79.8 Å². The Balaban J connectivity index is 1.89. The van der Waals surface area contributed by atoms with Crippen LogP contribution in [0.25, 0.3) is 0 Å².